The van der Waals surface area contributed by atoms with E-state index < -0.39 is 0 Å². The fraction of sp³-hybridized carbons (Fsp3) is 0.258. The maximum absolute atomic E-state index is 6.67. The molecule has 5 aromatic rings. The van der Waals surface area contributed by atoms with E-state index in [1.807, 2.05) is 59.2 Å². The summed E-state index contributed by atoms with van der Waals surface area (Å²) in [6, 6.07) is 30.4. The van der Waals surface area contributed by atoms with E-state index in [4.69, 9.17) is 25.7 Å². The van der Waals surface area contributed by atoms with Crippen LogP contribution >= 0.6 is 11.8 Å². The van der Waals surface area contributed by atoms with E-state index in [1.54, 1.807) is 18.1 Å². The molecule has 1 saturated heterocycles. The van der Waals surface area contributed by atoms with Crippen LogP contribution in [-0.4, -0.2) is 43.6 Å². The number of fused-ring (bicyclic) bond motifs is 1. The normalized spacial score (nSPS) is 20.5. The highest BCUT2D eigenvalue weighted by atomic mass is 32.2. The maximum atomic E-state index is 6.67. The van der Waals surface area contributed by atoms with Crippen molar-refractivity contribution in [2.45, 2.75) is 42.7 Å². The topological polar surface area (TPSA) is 123 Å². The smallest absolute Gasteiger partial charge is 0.224 e. The second-order valence-corrected chi connectivity index (χ2v) is 11.2. The highest BCUT2D eigenvalue weighted by Crippen LogP contribution is 2.47. The molecule has 3 heterocycles. The minimum Gasteiger partial charge on any atom is -0.382 e. The Bertz CT molecular complexity index is 1550. The second-order valence-electron chi connectivity index (χ2n) is 9.88. The molecule has 3 aromatic carbocycles. The number of thioether (sulfide) groups is 1. The first-order chi connectivity index (χ1) is 20.2. The van der Waals surface area contributed by atoms with Gasteiger partial charge in [-0.25, -0.2) is 4.98 Å². The van der Waals surface area contributed by atoms with Crippen molar-refractivity contribution < 1.29 is 14.2 Å². The van der Waals surface area contributed by atoms with Crippen LogP contribution in [0, 0.1) is 0 Å². The lowest BCUT2D eigenvalue weighted by Gasteiger charge is -2.27. The van der Waals surface area contributed by atoms with Crippen LogP contribution in [-0.2, 0) is 34.0 Å². The average Bonchev–Trinajstić information content (AvgIpc) is 3.57. The van der Waals surface area contributed by atoms with Gasteiger partial charge in [0.1, 0.15) is 23.1 Å². The monoisotopic (exact) mass is 568 g/mol. The van der Waals surface area contributed by atoms with Crippen LogP contribution in [0.1, 0.15) is 22.1 Å². The van der Waals surface area contributed by atoms with E-state index in [-0.39, 0.29) is 34.6 Å². The second kappa shape index (κ2) is 12.7. The van der Waals surface area contributed by atoms with Gasteiger partial charge in [-0.1, -0.05) is 91.0 Å². The number of benzene rings is 3. The minimum atomic E-state index is -0.343. The number of imidazole rings is 1. The van der Waals surface area contributed by atoms with Crippen LogP contribution in [0.3, 0.4) is 0 Å². The molecule has 4 N–H and O–H groups in total. The van der Waals surface area contributed by atoms with E-state index in [2.05, 4.69) is 51.4 Å². The van der Waals surface area contributed by atoms with Crippen molar-refractivity contribution in [3.63, 3.8) is 0 Å². The predicted molar refractivity (Wildman–Crippen MR) is 161 cm³/mol. The summed E-state index contributed by atoms with van der Waals surface area (Å²) in [5, 5.41) is -0.245. The van der Waals surface area contributed by atoms with E-state index in [0.29, 0.717) is 37.6 Å². The molecule has 1 aliphatic rings. The maximum Gasteiger partial charge on any atom is 0.224 e. The third-order valence-corrected chi connectivity index (χ3v) is 8.52. The standard InChI is InChI=1S/C31H32N6O3S/c32-28-25-29(36-31(33)35-28)37(20-34-25)30-27(40-18-23-14-8-3-9-15-23)26(39-17-22-12-6-2-7-13-22)24(41-30)19-38-16-21-10-4-1-5-11-21/h1-15,20,24,26-27,30H,16-19H2,(H4,32,33,35,36)/t24-,26-,27+,30-/m1/s1. The average molecular weight is 569 g/mol. The molecule has 0 radical (unpaired) electrons. The van der Waals surface area contributed by atoms with Crippen molar-refractivity contribution in [1.82, 2.24) is 19.5 Å². The lowest BCUT2D eigenvalue weighted by atomic mass is 10.1. The van der Waals surface area contributed by atoms with Crippen LogP contribution < -0.4 is 11.5 Å². The van der Waals surface area contributed by atoms with Crippen LogP contribution in [0.5, 0.6) is 0 Å². The summed E-state index contributed by atoms with van der Waals surface area (Å²) in [4.78, 5) is 13.1. The van der Waals surface area contributed by atoms with Crippen molar-refractivity contribution >= 4 is 34.7 Å². The first kappa shape index (κ1) is 27.2. The third kappa shape index (κ3) is 6.36. The van der Waals surface area contributed by atoms with Crippen molar-refractivity contribution in [3.8, 4) is 0 Å². The Morgan fingerprint density at radius 3 is 1.88 bits per heavy atom. The molecule has 10 heteroatoms. The molecule has 0 spiro atoms. The lowest BCUT2D eigenvalue weighted by molar-refractivity contribution is -0.0913. The largest absolute Gasteiger partial charge is 0.382 e. The third-order valence-electron chi connectivity index (χ3n) is 6.99. The van der Waals surface area contributed by atoms with E-state index in [9.17, 15) is 0 Å². The number of nitrogens with two attached hydrogens (primary N) is 2. The van der Waals surface area contributed by atoms with Crippen LogP contribution in [0.15, 0.2) is 97.3 Å². The highest BCUT2D eigenvalue weighted by molar-refractivity contribution is 8.00. The fourth-order valence-corrected chi connectivity index (χ4v) is 6.58. The van der Waals surface area contributed by atoms with Crippen molar-refractivity contribution in [2.24, 2.45) is 0 Å². The van der Waals surface area contributed by atoms with Crippen molar-refractivity contribution in [3.05, 3.63) is 114 Å². The van der Waals surface area contributed by atoms with Gasteiger partial charge in [0.15, 0.2) is 11.5 Å². The van der Waals surface area contributed by atoms with E-state index >= 15 is 0 Å². The molecule has 2 aromatic heterocycles. The summed E-state index contributed by atoms with van der Waals surface area (Å²) in [6.45, 7) is 1.87. The zero-order valence-corrected chi connectivity index (χ0v) is 23.3. The minimum absolute atomic E-state index is 0.0258. The zero-order valence-electron chi connectivity index (χ0n) is 22.5. The molecule has 41 heavy (non-hydrogen) atoms. The molecule has 0 aliphatic carbocycles. The van der Waals surface area contributed by atoms with E-state index in [0.717, 1.165) is 16.7 Å². The number of nitrogen functional groups attached to an aromatic ring is 2. The molecule has 9 nitrogen and oxygen atoms in total. The Morgan fingerprint density at radius 2 is 1.27 bits per heavy atom. The predicted octanol–water partition coefficient (Wildman–Crippen LogP) is 4.99. The molecule has 0 amide bonds. The summed E-state index contributed by atoms with van der Waals surface area (Å²) in [5.74, 6) is 0.344. The molecule has 1 aliphatic heterocycles. The summed E-state index contributed by atoms with van der Waals surface area (Å²) >= 11 is 1.72. The first-order valence-electron chi connectivity index (χ1n) is 13.5. The molecular weight excluding hydrogens is 536 g/mol. The first-order valence-corrected chi connectivity index (χ1v) is 14.4. The lowest BCUT2D eigenvalue weighted by Crippen LogP contribution is -2.38. The van der Waals surface area contributed by atoms with Crippen LogP contribution in [0.25, 0.3) is 11.2 Å². The van der Waals surface area contributed by atoms with Gasteiger partial charge in [0, 0.05) is 0 Å². The van der Waals surface area contributed by atoms with Gasteiger partial charge in [-0.3, -0.25) is 4.57 Å². The summed E-state index contributed by atoms with van der Waals surface area (Å²) < 4.78 is 21.5. The van der Waals surface area contributed by atoms with Crippen molar-refractivity contribution in [1.29, 1.82) is 0 Å². The SMILES string of the molecule is Nc1nc(N)c2ncn([C@@H]3S[C@H](COCc4ccccc4)[C@@H](OCc4ccccc4)[C@@H]3OCc3ccccc3)c2n1. The number of nitrogens with zero attached hydrogens (tertiary/aromatic N) is 4. The van der Waals surface area contributed by atoms with Gasteiger partial charge in [0.2, 0.25) is 5.95 Å². The number of aromatic nitrogens is 4. The fourth-order valence-electron chi connectivity index (χ4n) is 4.99. The zero-order chi connectivity index (χ0) is 28.0. The number of rotatable bonds is 11. The molecule has 0 saturated carbocycles. The van der Waals surface area contributed by atoms with Crippen LogP contribution in [0.4, 0.5) is 11.8 Å². The number of ether oxygens (including phenoxy) is 3. The molecular formula is C31H32N6O3S. The van der Waals surface area contributed by atoms with Gasteiger partial charge in [0.05, 0.1) is 38.0 Å². The van der Waals surface area contributed by atoms with Crippen molar-refractivity contribution in [2.75, 3.05) is 18.1 Å². The Morgan fingerprint density at radius 1 is 0.707 bits per heavy atom. The quantitative estimate of drug-likeness (QED) is 0.227. The molecule has 4 atom stereocenters. The number of hydrogen-bond donors (Lipinski definition) is 2. The highest BCUT2D eigenvalue weighted by Gasteiger charge is 2.47. The number of hydrogen-bond acceptors (Lipinski definition) is 9. The molecule has 6 rings (SSSR count). The van der Waals surface area contributed by atoms with Gasteiger partial charge in [-0.05, 0) is 16.7 Å². The van der Waals surface area contributed by atoms with Gasteiger partial charge in [-0.2, -0.15) is 9.97 Å². The Labute approximate surface area is 242 Å². The van der Waals surface area contributed by atoms with Gasteiger partial charge >= 0.3 is 0 Å². The Kier molecular flexibility index (Phi) is 8.43. The molecule has 0 bridgehead atoms. The summed E-state index contributed by atoms with van der Waals surface area (Å²) in [7, 11) is 0. The van der Waals surface area contributed by atoms with Gasteiger partial charge in [-0.15, -0.1) is 11.8 Å². The van der Waals surface area contributed by atoms with Crippen LogP contribution in [0.2, 0.25) is 0 Å². The molecule has 210 valence electrons. The Balaban J connectivity index is 1.31. The van der Waals surface area contributed by atoms with Gasteiger partial charge < -0.3 is 25.7 Å². The summed E-state index contributed by atoms with van der Waals surface area (Å²) in [6.07, 6.45) is 1.11. The number of anilines is 2. The molecule has 1 fully saturated rings. The van der Waals surface area contributed by atoms with Gasteiger partial charge in [0.25, 0.3) is 0 Å². The molecule has 0 unspecified atom stereocenters. The Hall–Kier alpha value is -3.96. The summed E-state index contributed by atoms with van der Waals surface area (Å²) in [5.41, 5.74) is 16.5. The van der Waals surface area contributed by atoms with E-state index in [1.165, 1.54) is 0 Å².